The summed E-state index contributed by atoms with van der Waals surface area (Å²) in [6.45, 7) is 5.27. The van der Waals surface area contributed by atoms with Crippen molar-refractivity contribution in [3.05, 3.63) is 24.3 Å². The number of nitrogens with two attached hydrogens (primary N) is 1. The van der Waals surface area contributed by atoms with Gasteiger partial charge in [0, 0.05) is 12.2 Å². The van der Waals surface area contributed by atoms with Crippen LogP contribution in [0, 0.1) is 5.41 Å². The Balaban J connectivity index is 2.69. The van der Waals surface area contributed by atoms with E-state index < -0.39 is 23.4 Å². The molecule has 21 heavy (non-hydrogen) atoms. The SMILES string of the molecule is CCC(C)(C)C(=O)OC(CN)C(=O)Nc1ccc(O)cc1. The largest absolute Gasteiger partial charge is 0.508 e. The number of phenols is 1. The monoisotopic (exact) mass is 294 g/mol. The van der Waals surface area contributed by atoms with Crippen LogP contribution < -0.4 is 11.1 Å². The van der Waals surface area contributed by atoms with Crippen LogP contribution in [0.25, 0.3) is 0 Å². The Kier molecular flexibility index (Phi) is 5.72. The molecule has 1 aromatic rings. The number of carbonyl (C=O) groups excluding carboxylic acids is 2. The quantitative estimate of drug-likeness (QED) is 0.547. The number of nitrogens with one attached hydrogen (secondary N) is 1. The number of esters is 1. The molecule has 0 aliphatic carbocycles. The first-order valence-electron chi connectivity index (χ1n) is 6.81. The maximum Gasteiger partial charge on any atom is 0.312 e. The van der Waals surface area contributed by atoms with Crippen LogP contribution in [0.5, 0.6) is 5.75 Å². The van der Waals surface area contributed by atoms with Crippen molar-refractivity contribution < 1.29 is 19.4 Å². The summed E-state index contributed by atoms with van der Waals surface area (Å²) >= 11 is 0. The lowest BCUT2D eigenvalue weighted by molar-refractivity contribution is -0.162. The van der Waals surface area contributed by atoms with Crippen molar-refractivity contribution in [2.75, 3.05) is 11.9 Å². The zero-order valence-corrected chi connectivity index (χ0v) is 12.6. The molecule has 0 bridgehead atoms. The van der Waals surface area contributed by atoms with E-state index in [9.17, 15) is 14.7 Å². The van der Waals surface area contributed by atoms with Crippen molar-refractivity contribution in [3.8, 4) is 5.75 Å². The summed E-state index contributed by atoms with van der Waals surface area (Å²) < 4.78 is 5.19. The van der Waals surface area contributed by atoms with Gasteiger partial charge in [0.25, 0.3) is 5.91 Å². The van der Waals surface area contributed by atoms with Crippen LogP contribution >= 0.6 is 0 Å². The first-order chi connectivity index (χ1) is 9.80. The zero-order chi connectivity index (χ0) is 16.0. The van der Waals surface area contributed by atoms with Crippen molar-refractivity contribution in [2.24, 2.45) is 11.1 Å². The molecular weight excluding hydrogens is 272 g/mol. The Bertz CT molecular complexity index is 497. The summed E-state index contributed by atoms with van der Waals surface area (Å²) in [4.78, 5) is 24.0. The van der Waals surface area contributed by atoms with E-state index in [0.29, 0.717) is 12.1 Å². The second kappa shape index (κ2) is 7.08. The number of phenolic OH excluding ortho intramolecular Hbond substituents is 1. The minimum atomic E-state index is -1.04. The fourth-order valence-corrected chi connectivity index (χ4v) is 1.41. The molecule has 0 fully saturated rings. The highest BCUT2D eigenvalue weighted by Gasteiger charge is 2.31. The van der Waals surface area contributed by atoms with Gasteiger partial charge in [-0.15, -0.1) is 0 Å². The fraction of sp³-hybridized carbons (Fsp3) is 0.467. The van der Waals surface area contributed by atoms with Gasteiger partial charge in [-0.3, -0.25) is 9.59 Å². The third-order valence-electron chi connectivity index (χ3n) is 3.33. The molecular formula is C15H22N2O4. The number of aromatic hydroxyl groups is 1. The summed E-state index contributed by atoms with van der Waals surface area (Å²) in [7, 11) is 0. The molecule has 0 saturated carbocycles. The molecule has 116 valence electrons. The second-order valence-corrected chi connectivity index (χ2v) is 5.40. The molecule has 0 saturated heterocycles. The van der Waals surface area contributed by atoms with Gasteiger partial charge < -0.3 is 20.9 Å². The molecule has 4 N–H and O–H groups in total. The predicted molar refractivity (Wildman–Crippen MR) is 79.7 cm³/mol. The molecule has 1 unspecified atom stereocenters. The van der Waals surface area contributed by atoms with Crippen LogP contribution in [0.1, 0.15) is 27.2 Å². The standard InChI is InChI=1S/C15H22N2O4/c1-4-15(2,3)14(20)21-12(9-16)13(19)17-10-5-7-11(18)8-6-10/h5-8,12,18H,4,9,16H2,1-3H3,(H,17,19). The Morgan fingerprint density at radius 2 is 1.90 bits per heavy atom. The van der Waals surface area contributed by atoms with Crippen LogP contribution in [-0.4, -0.2) is 29.6 Å². The minimum absolute atomic E-state index is 0.0968. The van der Waals surface area contributed by atoms with Gasteiger partial charge in [-0.1, -0.05) is 6.92 Å². The Morgan fingerprint density at radius 3 is 2.38 bits per heavy atom. The first kappa shape index (κ1) is 17.0. The van der Waals surface area contributed by atoms with Crippen LogP contribution in [0.4, 0.5) is 5.69 Å². The van der Waals surface area contributed by atoms with Crippen LogP contribution in [-0.2, 0) is 14.3 Å². The summed E-state index contributed by atoms with van der Waals surface area (Å²) in [5, 5.41) is 11.8. The molecule has 0 heterocycles. The average Bonchev–Trinajstić information content (AvgIpc) is 2.46. The van der Waals surface area contributed by atoms with Crippen molar-refractivity contribution in [1.82, 2.24) is 0 Å². The molecule has 1 rings (SSSR count). The number of hydrogen-bond acceptors (Lipinski definition) is 5. The number of rotatable bonds is 6. The van der Waals surface area contributed by atoms with E-state index in [4.69, 9.17) is 10.5 Å². The fourth-order valence-electron chi connectivity index (χ4n) is 1.41. The van der Waals surface area contributed by atoms with E-state index in [1.807, 2.05) is 6.92 Å². The number of benzene rings is 1. The zero-order valence-electron chi connectivity index (χ0n) is 12.6. The Hall–Kier alpha value is -2.08. The van der Waals surface area contributed by atoms with Gasteiger partial charge in [-0.2, -0.15) is 0 Å². The summed E-state index contributed by atoms with van der Waals surface area (Å²) in [5.74, 6) is -0.857. The van der Waals surface area contributed by atoms with E-state index in [-0.39, 0.29) is 12.3 Å². The van der Waals surface area contributed by atoms with Gasteiger partial charge in [-0.25, -0.2) is 0 Å². The van der Waals surface area contributed by atoms with Crippen LogP contribution in [0.15, 0.2) is 24.3 Å². The number of hydrogen-bond donors (Lipinski definition) is 3. The smallest absolute Gasteiger partial charge is 0.312 e. The van der Waals surface area contributed by atoms with Gasteiger partial charge in [0.1, 0.15) is 5.75 Å². The van der Waals surface area contributed by atoms with Crippen molar-refractivity contribution in [2.45, 2.75) is 33.3 Å². The highest BCUT2D eigenvalue weighted by molar-refractivity contribution is 5.95. The number of carbonyl (C=O) groups is 2. The molecule has 0 aromatic heterocycles. The van der Waals surface area contributed by atoms with Gasteiger partial charge in [0.05, 0.1) is 5.41 Å². The highest BCUT2D eigenvalue weighted by atomic mass is 16.5. The van der Waals surface area contributed by atoms with Crippen molar-refractivity contribution in [1.29, 1.82) is 0 Å². The number of amides is 1. The van der Waals surface area contributed by atoms with E-state index in [0.717, 1.165) is 0 Å². The summed E-state index contributed by atoms with van der Waals surface area (Å²) in [6.07, 6.45) is -0.444. The highest BCUT2D eigenvalue weighted by Crippen LogP contribution is 2.22. The molecule has 1 aromatic carbocycles. The maximum atomic E-state index is 12.0. The minimum Gasteiger partial charge on any atom is -0.508 e. The Labute approximate surface area is 124 Å². The van der Waals surface area contributed by atoms with Crippen LogP contribution in [0.3, 0.4) is 0 Å². The molecule has 1 amide bonds. The van der Waals surface area contributed by atoms with Gasteiger partial charge >= 0.3 is 5.97 Å². The third kappa shape index (κ3) is 4.75. The second-order valence-electron chi connectivity index (χ2n) is 5.40. The van der Waals surface area contributed by atoms with E-state index in [1.165, 1.54) is 12.1 Å². The topological polar surface area (TPSA) is 102 Å². The molecule has 0 spiro atoms. The normalized spacial score (nSPS) is 12.6. The van der Waals surface area contributed by atoms with Crippen molar-refractivity contribution >= 4 is 17.6 Å². The lowest BCUT2D eigenvalue weighted by atomic mass is 9.90. The predicted octanol–water partition coefficient (Wildman–Crippen LogP) is 1.64. The molecule has 1 atom stereocenters. The Morgan fingerprint density at radius 1 is 1.33 bits per heavy atom. The van der Waals surface area contributed by atoms with Crippen molar-refractivity contribution in [3.63, 3.8) is 0 Å². The lowest BCUT2D eigenvalue weighted by Gasteiger charge is -2.24. The van der Waals surface area contributed by atoms with Gasteiger partial charge in [-0.05, 0) is 44.5 Å². The lowest BCUT2D eigenvalue weighted by Crippen LogP contribution is -2.41. The molecule has 0 aliphatic heterocycles. The maximum absolute atomic E-state index is 12.0. The number of anilines is 1. The molecule has 0 radical (unpaired) electrons. The molecule has 6 heteroatoms. The van der Waals surface area contributed by atoms with Crippen LogP contribution in [0.2, 0.25) is 0 Å². The first-order valence-corrected chi connectivity index (χ1v) is 6.81. The average molecular weight is 294 g/mol. The molecule has 0 aliphatic rings. The summed E-state index contributed by atoms with van der Waals surface area (Å²) in [5.41, 5.74) is 5.33. The summed E-state index contributed by atoms with van der Waals surface area (Å²) in [6, 6.07) is 5.97. The van der Waals surface area contributed by atoms with E-state index in [1.54, 1.807) is 26.0 Å². The third-order valence-corrected chi connectivity index (χ3v) is 3.33. The van der Waals surface area contributed by atoms with Gasteiger partial charge in [0.2, 0.25) is 0 Å². The molecule has 6 nitrogen and oxygen atoms in total. The number of ether oxygens (including phenoxy) is 1. The van der Waals surface area contributed by atoms with E-state index in [2.05, 4.69) is 5.32 Å². The van der Waals surface area contributed by atoms with Gasteiger partial charge in [0.15, 0.2) is 6.10 Å². The van der Waals surface area contributed by atoms with E-state index >= 15 is 0 Å².